The van der Waals surface area contributed by atoms with E-state index in [1.54, 1.807) is 6.92 Å². The number of anilines is 1. The van der Waals surface area contributed by atoms with Crippen molar-refractivity contribution >= 4 is 33.5 Å². The molecular formula is C17H16BrN5O3. The van der Waals surface area contributed by atoms with Gasteiger partial charge in [0, 0.05) is 12.5 Å². The fourth-order valence-corrected chi connectivity index (χ4v) is 3.07. The van der Waals surface area contributed by atoms with Gasteiger partial charge in [-0.3, -0.25) is 9.89 Å². The zero-order valence-corrected chi connectivity index (χ0v) is 15.7. The number of hydrogen-bond acceptors (Lipinski definition) is 6. The third kappa shape index (κ3) is 3.01. The number of H-pyrrole nitrogens is 1. The predicted molar refractivity (Wildman–Crippen MR) is 99.2 cm³/mol. The SMILES string of the molecule is CCOC(=O)c1c(C(C)=O)nn(-c2n[nH]c(-c3ccccc3)c2Br)c1N. The standard InChI is InChI=1S/C17H16BrN5O3/c1-3-26-17(25)11-13(9(2)24)22-23(15(11)19)16-12(18)14(20-21-16)10-7-5-4-6-8-10/h4-8H,3,19H2,1-2H3,(H,20,21). The Morgan fingerprint density at radius 2 is 2.00 bits per heavy atom. The number of aromatic amines is 1. The number of nitrogen functional groups attached to an aromatic ring is 1. The minimum atomic E-state index is -0.698. The first-order chi connectivity index (χ1) is 12.5. The second kappa shape index (κ2) is 7.12. The molecule has 1 aromatic carbocycles. The maximum atomic E-state index is 12.2. The number of hydrogen-bond donors (Lipinski definition) is 2. The topological polar surface area (TPSA) is 116 Å². The maximum absolute atomic E-state index is 12.2. The first-order valence-corrected chi connectivity index (χ1v) is 8.61. The molecule has 0 fully saturated rings. The fourth-order valence-electron chi connectivity index (χ4n) is 2.50. The summed E-state index contributed by atoms with van der Waals surface area (Å²) in [6.45, 7) is 3.14. The highest BCUT2D eigenvalue weighted by molar-refractivity contribution is 9.10. The predicted octanol–water partition coefficient (Wildman–Crippen LogP) is 2.99. The van der Waals surface area contributed by atoms with E-state index in [4.69, 9.17) is 10.5 Å². The molecule has 0 aliphatic heterocycles. The molecule has 0 atom stereocenters. The maximum Gasteiger partial charge on any atom is 0.344 e. The molecule has 0 spiro atoms. The van der Waals surface area contributed by atoms with Crippen LogP contribution in [0.1, 0.15) is 34.7 Å². The molecule has 0 unspecified atom stereocenters. The van der Waals surface area contributed by atoms with Gasteiger partial charge in [0.25, 0.3) is 0 Å². The van der Waals surface area contributed by atoms with Gasteiger partial charge in [-0.1, -0.05) is 30.3 Å². The summed E-state index contributed by atoms with van der Waals surface area (Å²) < 4.78 is 6.84. The molecule has 0 saturated carbocycles. The van der Waals surface area contributed by atoms with Crippen molar-refractivity contribution in [2.75, 3.05) is 12.3 Å². The molecule has 3 N–H and O–H groups in total. The molecule has 8 nitrogen and oxygen atoms in total. The van der Waals surface area contributed by atoms with E-state index in [9.17, 15) is 9.59 Å². The van der Waals surface area contributed by atoms with Crippen LogP contribution in [0.15, 0.2) is 34.8 Å². The summed E-state index contributed by atoms with van der Waals surface area (Å²) in [7, 11) is 0. The molecule has 134 valence electrons. The molecule has 0 aliphatic rings. The average Bonchev–Trinajstić information content (AvgIpc) is 3.16. The van der Waals surface area contributed by atoms with Crippen LogP contribution in [0.3, 0.4) is 0 Å². The van der Waals surface area contributed by atoms with Crippen molar-refractivity contribution in [1.29, 1.82) is 0 Å². The molecule has 0 radical (unpaired) electrons. The number of carbonyl (C=O) groups excluding carboxylic acids is 2. The summed E-state index contributed by atoms with van der Waals surface area (Å²) in [6.07, 6.45) is 0. The molecular weight excluding hydrogens is 402 g/mol. The number of rotatable bonds is 5. The van der Waals surface area contributed by atoms with E-state index in [-0.39, 0.29) is 23.7 Å². The molecule has 0 amide bonds. The van der Waals surface area contributed by atoms with Crippen LogP contribution in [-0.2, 0) is 4.74 Å². The van der Waals surface area contributed by atoms with Crippen LogP contribution in [0.5, 0.6) is 0 Å². The monoisotopic (exact) mass is 417 g/mol. The summed E-state index contributed by atoms with van der Waals surface area (Å²) in [5.74, 6) is -0.773. The second-order valence-corrected chi connectivity index (χ2v) is 6.19. The van der Waals surface area contributed by atoms with Gasteiger partial charge in [-0.2, -0.15) is 14.9 Å². The third-order valence-electron chi connectivity index (χ3n) is 3.69. The third-order valence-corrected chi connectivity index (χ3v) is 4.44. The number of nitrogens with two attached hydrogens (primary N) is 1. The van der Waals surface area contributed by atoms with Crippen LogP contribution in [0, 0.1) is 0 Å². The van der Waals surface area contributed by atoms with Gasteiger partial charge in [0.05, 0.1) is 16.8 Å². The Bertz CT molecular complexity index is 978. The Morgan fingerprint density at radius 3 is 2.62 bits per heavy atom. The first-order valence-electron chi connectivity index (χ1n) is 7.81. The lowest BCUT2D eigenvalue weighted by Gasteiger charge is -2.03. The van der Waals surface area contributed by atoms with Crippen molar-refractivity contribution in [2.24, 2.45) is 0 Å². The Kier molecular flexibility index (Phi) is 4.90. The first kappa shape index (κ1) is 17.9. The number of nitrogens with zero attached hydrogens (tertiary/aromatic N) is 3. The lowest BCUT2D eigenvalue weighted by atomic mass is 10.1. The van der Waals surface area contributed by atoms with Gasteiger partial charge in [-0.05, 0) is 22.9 Å². The van der Waals surface area contributed by atoms with Crippen molar-refractivity contribution in [3.8, 4) is 17.1 Å². The number of ketones is 1. The summed E-state index contributed by atoms with van der Waals surface area (Å²) in [5.41, 5.74) is 7.60. The smallest absolute Gasteiger partial charge is 0.344 e. The molecule has 3 rings (SSSR count). The Balaban J connectivity index is 2.14. The van der Waals surface area contributed by atoms with E-state index in [2.05, 4.69) is 31.2 Å². The van der Waals surface area contributed by atoms with Crippen LogP contribution in [0.4, 0.5) is 5.82 Å². The quantitative estimate of drug-likeness (QED) is 0.486. The lowest BCUT2D eigenvalue weighted by molar-refractivity contribution is 0.0524. The van der Waals surface area contributed by atoms with Gasteiger partial charge in [-0.25, -0.2) is 4.79 Å². The van der Waals surface area contributed by atoms with E-state index < -0.39 is 11.8 Å². The van der Waals surface area contributed by atoms with Crippen molar-refractivity contribution in [3.63, 3.8) is 0 Å². The fraction of sp³-hybridized carbons (Fsp3) is 0.176. The van der Waals surface area contributed by atoms with Gasteiger partial charge in [0.1, 0.15) is 17.1 Å². The second-order valence-electron chi connectivity index (χ2n) is 5.40. The van der Waals surface area contributed by atoms with Crippen LogP contribution in [-0.4, -0.2) is 38.3 Å². The molecule has 2 aromatic heterocycles. The minimum absolute atomic E-state index is 0.0135. The highest BCUT2D eigenvalue weighted by atomic mass is 79.9. The zero-order valence-electron chi connectivity index (χ0n) is 14.1. The van der Waals surface area contributed by atoms with E-state index in [1.807, 2.05) is 30.3 Å². The van der Waals surface area contributed by atoms with Gasteiger partial charge in [-0.15, -0.1) is 0 Å². The van der Waals surface area contributed by atoms with Gasteiger partial charge in [0.2, 0.25) is 0 Å². The van der Waals surface area contributed by atoms with Crippen molar-refractivity contribution < 1.29 is 14.3 Å². The Labute approximate surface area is 157 Å². The molecule has 26 heavy (non-hydrogen) atoms. The van der Waals surface area contributed by atoms with Crippen LogP contribution in [0.2, 0.25) is 0 Å². The summed E-state index contributed by atoms with van der Waals surface area (Å²) in [6, 6.07) is 9.54. The van der Waals surface area contributed by atoms with Crippen molar-refractivity contribution in [1.82, 2.24) is 20.0 Å². The number of benzene rings is 1. The van der Waals surface area contributed by atoms with Gasteiger partial charge in [0.15, 0.2) is 11.6 Å². The zero-order chi connectivity index (χ0) is 18.8. The van der Waals surface area contributed by atoms with Crippen molar-refractivity contribution in [3.05, 3.63) is 46.1 Å². The molecule has 0 bridgehead atoms. The summed E-state index contributed by atoms with van der Waals surface area (Å²) in [4.78, 5) is 24.1. The lowest BCUT2D eigenvalue weighted by Crippen LogP contribution is -2.11. The van der Waals surface area contributed by atoms with Gasteiger partial charge >= 0.3 is 5.97 Å². The van der Waals surface area contributed by atoms with Crippen LogP contribution >= 0.6 is 15.9 Å². The number of nitrogens with one attached hydrogen (secondary N) is 1. The molecule has 0 aliphatic carbocycles. The normalized spacial score (nSPS) is 10.7. The summed E-state index contributed by atoms with van der Waals surface area (Å²) in [5, 5.41) is 11.3. The average molecular weight is 418 g/mol. The van der Waals surface area contributed by atoms with Crippen LogP contribution < -0.4 is 5.73 Å². The van der Waals surface area contributed by atoms with Crippen LogP contribution in [0.25, 0.3) is 17.1 Å². The number of halogens is 1. The number of aromatic nitrogens is 4. The van der Waals surface area contributed by atoms with Crippen molar-refractivity contribution in [2.45, 2.75) is 13.8 Å². The number of ether oxygens (including phenoxy) is 1. The van der Waals surface area contributed by atoms with Gasteiger partial charge < -0.3 is 10.5 Å². The Hall–Kier alpha value is -2.94. The molecule has 0 saturated heterocycles. The van der Waals surface area contributed by atoms with E-state index in [1.165, 1.54) is 11.6 Å². The number of esters is 1. The largest absolute Gasteiger partial charge is 0.462 e. The highest BCUT2D eigenvalue weighted by Crippen LogP contribution is 2.33. The number of carbonyl (C=O) groups is 2. The van der Waals surface area contributed by atoms with E-state index in [0.29, 0.717) is 10.3 Å². The van der Waals surface area contributed by atoms with E-state index in [0.717, 1.165) is 11.3 Å². The molecule has 9 heteroatoms. The van der Waals surface area contributed by atoms with E-state index >= 15 is 0 Å². The Morgan fingerprint density at radius 1 is 1.31 bits per heavy atom. The highest BCUT2D eigenvalue weighted by Gasteiger charge is 2.28. The summed E-state index contributed by atoms with van der Waals surface area (Å²) >= 11 is 3.49. The number of Topliss-reactive ketones (excluding diaryl/α,β-unsaturated/α-hetero) is 1. The molecule has 2 heterocycles. The molecule has 3 aromatic rings. The minimum Gasteiger partial charge on any atom is -0.462 e.